The summed E-state index contributed by atoms with van der Waals surface area (Å²) in [5.41, 5.74) is 0.930. The Hall–Kier alpha value is -1.55. The second-order valence-corrected chi connectivity index (χ2v) is 3.59. The SMILES string of the molecule is CC(Nc1ccnc(Cl)c1)c1ncc[nH]1. The van der Waals surface area contributed by atoms with Gasteiger partial charge in [-0.1, -0.05) is 11.6 Å². The maximum absolute atomic E-state index is 5.78. The molecule has 1 atom stereocenters. The number of anilines is 1. The molecule has 0 aromatic carbocycles. The summed E-state index contributed by atoms with van der Waals surface area (Å²) in [6.45, 7) is 2.02. The first-order chi connectivity index (χ1) is 7.25. The van der Waals surface area contributed by atoms with E-state index in [1.54, 1.807) is 24.7 Å². The molecule has 0 fully saturated rings. The van der Waals surface area contributed by atoms with Crippen LogP contribution in [0, 0.1) is 0 Å². The zero-order valence-corrected chi connectivity index (χ0v) is 8.99. The highest BCUT2D eigenvalue weighted by Gasteiger charge is 2.06. The van der Waals surface area contributed by atoms with E-state index in [2.05, 4.69) is 20.3 Å². The quantitative estimate of drug-likeness (QED) is 0.785. The lowest BCUT2D eigenvalue weighted by Crippen LogP contribution is -2.08. The van der Waals surface area contributed by atoms with Crippen molar-refractivity contribution in [2.45, 2.75) is 13.0 Å². The molecule has 0 spiro atoms. The van der Waals surface area contributed by atoms with Crippen LogP contribution in [-0.2, 0) is 0 Å². The molecule has 2 N–H and O–H groups in total. The third-order valence-corrected chi connectivity index (χ3v) is 2.25. The zero-order chi connectivity index (χ0) is 10.7. The topological polar surface area (TPSA) is 53.6 Å². The van der Waals surface area contributed by atoms with Crippen LogP contribution >= 0.6 is 11.6 Å². The van der Waals surface area contributed by atoms with Crippen molar-refractivity contribution in [2.24, 2.45) is 0 Å². The molecule has 2 rings (SSSR count). The number of pyridine rings is 1. The fourth-order valence-corrected chi connectivity index (χ4v) is 1.50. The first-order valence-electron chi connectivity index (χ1n) is 4.63. The zero-order valence-electron chi connectivity index (χ0n) is 8.24. The van der Waals surface area contributed by atoms with Crippen LogP contribution in [0.2, 0.25) is 5.15 Å². The van der Waals surface area contributed by atoms with Crippen LogP contribution in [0.25, 0.3) is 0 Å². The number of nitrogens with zero attached hydrogens (tertiary/aromatic N) is 2. The second-order valence-electron chi connectivity index (χ2n) is 3.21. The Bertz CT molecular complexity index is 427. The molecule has 0 radical (unpaired) electrons. The third kappa shape index (κ3) is 2.47. The van der Waals surface area contributed by atoms with Gasteiger partial charge >= 0.3 is 0 Å². The van der Waals surface area contributed by atoms with Crippen LogP contribution in [0.15, 0.2) is 30.7 Å². The molecule has 0 saturated carbocycles. The molecule has 2 aromatic heterocycles. The van der Waals surface area contributed by atoms with E-state index in [9.17, 15) is 0 Å². The largest absolute Gasteiger partial charge is 0.375 e. The van der Waals surface area contributed by atoms with Crippen LogP contribution in [0.1, 0.15) is 18.8 Å². The molecule has 5 heteroatoms. The molecule has 0 saturated heterocycles. The minimum absolute atomic E-state index is 0.110. The molecule has 0 amide bonds. The Morgan fingerprint density at radius 1 is 1.40 bits per heavy atom. The van der Waals surface area contributed by atoms with Gasteiger partial charge in [0.05, 0.1) is 6.04 Å². The van der Waals surface area contributed by atoms with E-state index in [1.165, 1.54) is 0 Å². The summed E-state index contributed by atoms with van der Waals surface area (Å²) in [7, 11) is 0. The van der Waals surface area contributed by atoms with Crippen molar-refractivity contribution in [3.8, 4) is 0 Å². The molecule has 2 aromatic rings. The molecule has 0 bridgehead atoms. The number of halogens is 1. The molecule has 0 aliphatic rings. The number of aromatic nitrogens is 3. The van der Waals surface area contributed by atoms with Crippen LogP contribution in [-0.4, -0.2) is 15.0 Å². The Morgan fingerprint density at radius 3 is 2.93 bits per heavy atom. The first-order valence-corrected chi connectivity index (χ1v) is 5.01. The van der Waals surface area contributed by atoms with E-state index in [1.807, 2.05) is 13.0 Å². The number of imidazole rings is 1. The lowest BCUT2D eigenvalue weighted by molar-refractivity contribution is 0.810. The van der Waals surface area contributed by atoms with E-state index in [0.717, 1.165) is 11.5 Å². The summed E-state index contributed by atoms with van der Waals surface area (Å²) < 4.78 is 0. The molecule has 15 heavy (non-hydrogen) atoms. The van der Waals surface area contributed by atoms with E-state index in [0.29, 0.717) is 5.15 Å². The highest BCUT2D eigenvalue weighted by Crippen LogP contribution is 2.17. The average molecular weight is 223 g/mol. The van der Waals surface area contributed by atoms with Gasteiger partial charge in [0.1, 0.15) is 11.0 Å². The highest BCUT2D eigenvalue weighted by atomic mass is 35.5. The van der Waals surface area contributed by atoms with Gasteiger partial charge in [0.25, 0.3) is 0 Å². The number of hydrogen-bond acceptors (Lipinski definition) is 3. The summed E-state index contributed by atoms with van der Waals surface area (Å²) >= 11 is 5.78. The van der Waals surface area contributed by atoms with Crippen molar-refractivity contribution in [1.29, 1.82) is 0 Å². The van der Waals surface area contributed by atoms with Gasteiger partial charge in [-0.2, -0.15) is 0 Å². The Kier molecular flexibility index (Phi) is 2.87. The van der Waals surface area contributed by atoms with Crippen LogP contribution < -0.4 is 5.32 Å². The monoisotopic (exact) mass is 222 g/mol. The molecular weight excluding hydrogens is 212 g/mol. The lowest BCUT2D eigenvalue weighted by atomic mass is 10.3. The summed E-state index contributed by atoms with van der Waals surface area (Å²) in [5.74, 6) is 0.892. The van der Waals surface area contributed by atoms with Crippen molar-refractivity contribution >= 4 is 17.3 Å². The lowest BCUT2D eigenvalue weighted by Gasteiger charge is -2.12. The second kappa shape index (κ2) is 4.31. The van der Waals surface area contributed by atoms with Gasteiger partial charge in [-0.05, 0) is 19.1 Å². The van der Waals surface area contributed by atoms with Crippen molar-refractivity contribution in [3.05, 3.63) is 41.7 Å². The predicted octanol–water partition coefficient (Wildman–Crippen LogP) is 2.63. The Morgan fingerprint density at radius 2 is 2.27 bits per heavy atom. The third-order valence-electron chi connectivity index (χ3n) is 2.04. The van der Waals surface area contributed by atoms with Gasteiger partial charge in [-0.25, -0.2) is 9.97 Å². The molecule has 1 unspecified atom stereocenters. The van der Waals surface area contributed by atoms with E-state index in [4.69, 9.17) is 11.6 Å². The first kappa shape index (κ1) is 9.98. The van der Waals surface area contributed by atoms with Crippen molar-refractivity contribution in [1.82, 2.24) is 15.0 Å². The van der Waals surface area contributed by atoms with Crippen LogP contribution in [0.3, 0.4) is 0 Å². The van der Waals surface area contributed by atoms with Crippen molar-refractivity contribution < 1.29 is 0 Å². The summed E-state index contributed by atoms with van der Waals surface area (Å²) in [4.78, 5) is 11.1. The summed E-state index contributed by atoms with van der Waals surface area (Å²) in [6.07, 6.45) is 5.19. The summed E-state index contributed by atoms with van der Waals surface area (Å²) in [5, 5.41) is 3.75. The molecule has 4 nitrogen and oxygen atoms in total. The molecule has 0 aliphatic heterocycles. The molecule has 78 valence electrons. The fourth-order valence-electron chi connectivity index (χ4n) is 1.32. The van der Waals surface area contributed by atoms with Gasteiger partial charge in [0.2, 0.25) is 0 Å². The van der Waals surface area contributed by atoms with Gasteiger partial charge in [-0.15, -0.1) is 0 Å². The number of hydrogen-bond donors (Lipinski definition) is 2. The van der Waals surface area contributed by atoms with Crippen molar-refractivity contribution in [2.75, 3.05) is 5.32 Å². The van der Waals surface area contributed by atoms with Gasteiger partial charge in [-0.3, -0.25) is 0 Å². The van der Waals surface area contributed by atoms with E-state index in [-0.39, 0.29) is 6.04 Å². The number of nitrogens with one attached hydrogen (secondary N) is 2. The number of aromatic amines is 1. The Labute approximate surface area is 92.7 Å². The molecular formula is C10H11ClN4. The average Bonchev–Trinajstić information content (AvgIpc) is 2.70. The Balaban J connectivity index is 2.09. The number of H-pyrrole nitrogens is 1. The predicted molar refractivity (Wildman–Crippen MR) is 59.9 cm³/mol. The minimum Gasteiger partial charge on any atom is -0.375 e. The normalized spacial score (nSPS) is 12.4. The maximum Gasteiger partial charge on any atom is 0.131 e. The minimum atomic E-state index is 0.110. The number of rotatable bonds is 3. The van der Waals surface area contributed by atoms with Gasteiger partial charge in [0, 0.05) is 24.3 Å². The van der Waals surface area contributed by atoms with Gasteiger partial charge in [0.15, 0.2) is 0 Å². The smallest absolute Gasteiger partial charge is 0.131 e. The molecule has 0 aliphatic carbocycles. The fraction of sp³-hybridized carbons (Fsp3) is 0.200. The summed E-state index contributed by atoms with van der Waals surface area (Å²) in [6, 6.07) is 3.75. The van der Waals surface area contributed by atoms with E-state index < -0.39 is 0 Å². The molecule has 2 heterocycles. The van der Waals surface area contributed by atoms with Crippen LogP contribution in [0.5, 0.6) is 0 Å². The highest BCUT2D eigenvalue weighted by molar-refractivity contribution is 6.29. The van der Waals surface area contributed by atoms with E-state index >= 15 is 0 Å². The van der Waals surface area contributed by atoms with Crippen molar-refractivity contribution in [3.63, 3.8) is 0 Å². The van der Waals surface area contributed by atoms with Crippen LogP contribution in [0.4, 0.5) is 5.69 Å². The standard InChI is InChI=1S/C10H11ClN4/c1-7(10-13-4-5-14-10)15-8-2-3-12-9(11)6-8/h2-7H,1H3,(H,12,15)(H,13,14). The maximum atomic E-state index is 5.78. The van der Waals surface area contributed by atoms with Gasteiger partial charge < -0.3 is 10.3 Å².